The zero-order chi connectivity index (χ0) is 15.6. The van der Waals surface area contributed by atoms with E-state index in [1.54, 1.807) is 18.0 Å². The first-order valence-electron chi connectivity index (χ1n) is 6.25. The van der Waals surface area contributed by atoms with Crippen molar-refractivity contribution >= 4 is 11.4 Å². The molecule has 0 aliphatic heterocycles. The molecule has 2 nitrogen and oxygen atoms in total. The normalized spacial score (nSPS) is 11.0. The monoisotopic (exact) mass is 290 g/mol. The standard InChI is InChI=1S/C16H13F3N2/c1-11-5-3-4-6-15(11)21(2)13-8-7-12(10-20)14(9-13)16(17,18)19/h3-9H,1-2H3. The molecule has 5 heteroatoms. The van der Waals surface area contributed by atoms with Gasteiger partial charge in [0.15, 0.2) is 0 Å². The smallest absolute Gasteiger partial charge is 0.344 e. The van der Waals surface area contributed by atoms with Crippen LogP contribution in [0.2, 0.25) is 0 Å². The predicted molar refractivity (Wildman–Crippen MR) is 75.4 cm³/mol. The minimum atomic E-state index is -4.55. The summed E-state index contributed by atoms with van der Waals surface area (Å²) in [6, 6.07) is 12.7. The highest BCUT2D eigenvalue weighted by molar-refractivity contribution is 5.67. The molecule has 21 heavy (non-hydrogen) atoms. The van der Waals surface area contributed by atoms with Crippen LogP contribution in [0.3, 0.4) is 0 Å². The fraction of sp³-hybridized carbons (Fsp3) is 0.188. The summed E-state index contributed by atoms with van der Waals surface area (Å²) < 4.78 is 39.0. The molecule has 2 aromatic carbocycles. The van der Waals surface area contributed by atoms with Crippen LogP contribution in [0.1, 0.15) is 16.7 Å². The highest BCUT2D eigenvalue weighted by Gasteiger charge is 2.34. The summed E-state index contributed by atoms with van der Waals surface area (Å²) in [6.07, 6.45) is -4.55. The van der Waals surface area contributed by atoms with Gasteiger partial charge in [-0.05, 0) is 36.8 Å². The van der Waals surface area contributed by atoms with Crippen molar-refractivity contribution < 1.29 is 13.2 Å². The molecule has 0 atom stereocenters. The molecule has 0 N–H and O–H groups in total. The Balaban J connectivity index is 2.51. The number of alkyl halides is 3. The van der Waals surface area contributed by atoms with E-state index in [1.165, 1.54) is 12.1 Å². The van der Waals surface area contributed by atoms with Gasteiger partial charge in [-0.2, -0.15) is 18.4 Å². The van der Waals surface area contributed by atoms with Gasteiger partial charge in [-0.1, -0.05) is 18.2 Å². The molecule has 0 bridgehead atoms. The third-order valence-corrected chi connectivity index (χ3v) is 3.29. The SMILES string of the molecule is Cc1ccccc1N(C)c1ccc(C#N)c(C(F)(F)F)c1. The fourth-order valence-electron chi connectivity index (χ4n) is 2.15. The number of hydrogen-bond donors (Lipinski definition) is 0. The molecule has 0 saturated carbocycles. The lowest BCUT2D eigenvalue weighted by Gasteiger charge is -2.23. The summed E-state index contributed by atoms with van der Waals surface area (Å²) in [5.74, 6) is 0. The van der Waals surface area contributed by atoms with Crippen molar-refractivity contribution in [1.82, 2.24) is 0 Å². The van der Waals surface area contributed by atoms with Gasteiger partial charge >= 0.3 is 6.18 Å². The molecule has 0 amide bonds. The second kappa shape index (κ2) is 5.49. The van der Waals surface area contributed by atoms with Crippen molar-refractivity contribution in [3.8, 4) is 6.07 Å². The van der Waals surface area contributed by atoms with Crippen molar-refractivity contribution in [2.75, 3.05) is 11.9 Å². The number of rotatable bonds is 2. The van der Waals surface area contributed by atoms with Gasteiger partial charge in [-0.25, -0.2) is 0 Å². The highest BCUT2D eigenvalue weighted by atomic mass is 19.4. The maximum absolute atomic E-state index is 13.0. The Hall–Kier alpha value is -2.48. The van der Waals surface area contributed by atoms with Crippen molar-refractivity contribution in [1.29, 1.82) is 5.26 Å². The number of hydrogen-bond acceptors (Lipinski definition) is 2. The fourth-order valence-corrected chi connectivity index (χ4v) is 2.15. The van der Waals surface area contributed by atoms with Gasteiger partial charge in [-0.15, -0.1) is 0 Å². The van der Waals surface area contributed by atoms with E-state index in [1.807, 2.05) is 31.2 Å². The minimum absolute atomic E-state index is 0.371. The molecule has 2 rings (SSSR count). The lowest BCUT2D eigenvalue weighted by molar-refractivity contribution is -0.137. The molecular weight excluding hydrogens is 277 g/mol. The van der Waals surface area contributed by atoms with Crippen LogP contribution in [-0.4, -0.2) is 7.05 Å². The van der Waals surface area contributed by atoms with Gasteiger partial charge in [0.1, 0.15) is 0 Å². The summed E-state index contributed by atoms with van der Waals surface area (Å²) in [4.78, 5) is 1.67. The molecule has 2 aromatic rings. The Labute approximate surface area is 121 Å². The van der Waals surface area contributed by atoms with Crippen LogP contribution < -0.4 is 4.90 Å². The predicted octanol–water partition coefficient (Wildman–Crippen LogP) is 4.65. The molecule has 0 aliphatic carbocycles. The van der Waals surface area contributed by atoms with Gasteiger partial charge < -0.3 is 4.90 Å². The summed E-state index contributed by atoms with van der Waals surface area (Å²) in [5.41, 5.74) is 0.872. The Kier molecular flexibility index (Phi) is 3.90. The average molecular weight is 290 g/mol. The second-order valence-corrected chi connectivity index (χ2v) is 4.68. The molecule has 0 saturated heterocycles. The van der Waals surface area contributed by atoms with Crippen LogP contribution in [-0.2, 0) is 6.18 Å². The van der Waals surface area contributed by atoms with Crippen molar-refractivity contribution in [3.05, 3.63) is 59.2 Å². The van der Waals surface area contributed by atoms with E-state index in [0.717, 1.165) is 17.3 Å². The molecule has 0 aromatic heterocycles. The van der Waals surface area contributed by atoms with E-state index in [0.29, 0.717) is 5.69 Å². The van der Waals surface area contributed by atoms with Crippen molar-refractivity contribution in [2.24, 2.45) is 0 Å². The lowest BCUT2D eigenvalue weighted by Crippen LogP contribution is -2.14. The summed E-state index contributed by atoms with van der Waals surface area (Å²) in [7, 11) is 1.70. The largest absolute Gasteiger partial charge is 0.417 e. The Morgan fingerprint density at radius 1 is 1.10 bits per heavy atom. The maximum atomic E-state index is 13.0. The first-order chi connectivity index (χ1) is 9.84. The first-order valence-corrected chi connectivity index (χ1v) is 6.25. The lowest BCUT2D eigenvalue weighted by atomic mass is 10.1. The molecule has 0 aliphatic rings. The summed E-state index contributed by atoms with van der Waals surface area (Å²) in [6.45, 7) is 1.89. The molecular formula is C16H13F3N2. The molecule has 0 radical (unpaired) electrons. The number of aryl methyl sites for hydroxylation is 1. The Bertz CT molecular complexity index is 699. The van der Waals surface area contributed by atoms with Gasteiger partial charge in [-0.3, -0.25) is 0 Å². The molecule has 0 heterocycles. The topological polar surface area (TPSA) is 27.0 Å². The number of benzene rings is 2. The van der Waals surface area contributed by atoms with Crippen molar-refractivity contribution in [2.45, 2.75) is 13.1 Å². The zero-order valence-corrected chi connectivity index (χ0v) is 11.6. The Morgan fingerprint density at radius 3 is 2.33 bits per heavy atom. The third kappa shape index (κ3) is 3.00. The van der Waals surface area contributed by atoms with Gasteiger partial charge in [0.25, 0.3) is 0 Å². The van der Waals surface area contributed by atoms with Crippen LogP contribution in [0, 0.1) is 18.3 Å². The Morgan fingerprint density at radius 2 is 1.76 bits per heavy atom. The van der Waals surface area contributed by atoms with Crippen LogP contribution in [0.25, 0.3) is 0 Å². The van der Waals surface area contributed by atoms with Crippen LogP contribution >= 0.6 is 0 Å². The second-order valence-electron chi connectivity index (χ2n) is 4.68. The number of nitriles is 1. The minimum Gasteiger partial charge on any atom is -0.344 e. The summed E-state index contributed by atoms with van der Waals surface area (Å²) in [5, 5.41) is 8.81. The quantitative estimate of drug-likeness (QED) is 0.804. The number of para-hydroxylation sites is 1. The third-order valence-electron chi connectivity index (χ3n) is 3.29. The van der Waals surface area contributed by atoms with E-state index >= 15 is 0 Å². The molecule has 0 unspecified atom stereocenters. The van der Waals surface area contributed by atoms with E-state index in [9.17, 15) is 13.2 Å². The first kappa shape index (κ1) is 14.9. The highest BCUT2D eigenvalue weighted by Crippen LogP contribution is 2.36. The van der Waals surface area contributed by atoms with E-state index in [4.69, 9.17) is 5.26 Å². The summed E-state index contributed by atoms with van der Waals surface area (Å²) >= 11 is 0. The zero-order valence-electron chi connectivity index (χ0n) is 11.6. The number of nitrogens with zero attached hydrogens (tertiary/aromatic N) is 2. The average Bonchev–Trinajstić information content (AvgIpc) is 2.45. The van der Waals surface area contributed by atoms with Crippen molar-refractivity contribution in [3.63, 3.8) is 0 Å². The molecule has 0 fully saturated rings. The van der Waals surface area contributed by atoms with E-state index < -0.39 is 11.7 Å². The van der Waals surface area contributed by atoms with E-state index in [-0.39, 0.29) is 5.56 Å². The molecule has 108 valence electrons. The van der Waals surface area contributed by atoms with Gasteiger partial charge in [0.05, 0.1) is 17.2 Å². The number of anilines is 2. The number of halogens is 3. The van der Waals surface area contributed by atoms with Crippen LogP contribution in [0.4, 0.5) is 24.5 Å². The molecule has 0 spiro atoms. The van der Waals surface area contributed by atoms with Gasteiger partial charge in [0, 0.05) is 18.4 Å². The van der Waals surface area contributed by atoms with Crippen LogP contribution in [0.5, 0.6) is 0 Å². The van der Waals surface area contributed by atoms with E-state index in [2.05, 4.69) is 0 Å². The van der Waals surface area contributed by atoms with Crippen LogP contribution in [0.15, 0.2) is 42.5 Å². The maximum Gasteiger partial charge on any atom is 0.417 e. The van der Waals surface area contributed by atoms with Gasteiger partial charge in [0.2, 0.25) is 0 Å².